The molecule has 0 spiro atoms. The Hall–Kier alpha value is -1.50. The summed E-state index contributed by atoms with van der Waals surface area (Å²) in [5.41, 5.74) is 0.533. The van der Waals surface area contributed by atoms with Crippen molar-refractivity contribution < 1.29 is 23.5 Å². The van der Waals surface area contributed by atoms with Crippen LogP contribution in [-0.2, 0) is 14.3 Å². The second-order valence-electron chi connectivity index (χ2n) is 5.54. The second kappa shape index (κ2) is 6.09. The van der Waals surface area contributed by atoms with Gasteiger partial charge < -0.3 is 9.47 Å². The summed E-state index contributed by atoms with van der Waals surface area (Å²) < 4.78 is 11.2. The SMILES string of the molecule is C=CC1CC([N+]2(CC)C=C(C)C(=O)NC2=O)OC1COC. The first kappa shape index (κ1) is 15.9. The van der Waals surface area contributed by atoms with Crippen LogP contribution in [-0.4, -0.2) is 49.0 Å². The normalized spacial score (nSPS) is 36.3. The number of nitrogens with zero attached hydrogens (tertiary/aromatic N) is 1. The molecule has 116 valence electrons. The zero-order chi connectivity index (χ0) is 15.6. The van der Waals surface area contributed by atoms with Gasteiger partial charge in [0.2, 0.25) is 6.23 Å². The highest BCUT2D eigenvalue weighted by Gasteiger charge is 2.52. The smallest absolute Gasteiger partial charge is 0.382 e. The third kappa shape index (κ3) is 2.66. The Balaban J connectivity index is 2.32. The molecule has 0 aliphatic carbocycles. The van der Waals surface area contributed by atoms with Crippen molar-refractivity contribution in [1.82, 2.24) is 5.32 Å². The maximum absolute atomic E-state index is 12.4. The van der Waals surface area contributed by atoms with Gasteiger partial charge in [-0.1, -0.05) is 6.08 Å². The van der Waals surface area contributed by atoms with E-state index in [1.807, 2.05) is 13.0 Å². The fraction of sp³-hybridized carbons (Fsp3) is 0.600. The van der Waals surface area contributed by atoms with Crippen molar-refractivity contribution in [3.63, 3.8) is 0 Å². The van der Waals surface area contributed by atoms with E-state index in [1.165, 1.54) is 0 Å². The maximum Gasteiger partial charge on any atom is 0.430 e. The molecule has 2 heterocycles. The third-order valence-corrected chi connectivity index (χ3v) is 4.33. The first-order chi connectivity index (χ1) is 9.98. The van der Waals surface area contributed by atoms with Crippen LogP contribution in [0.15, 0.2) is 24.4 Å². The fourth-order valence-corrected chi connectivity index (χ4v) is 3.03. The molecule has 1 N–H and O–H groups in total. The molecule has 0 radical (unpaired) electrons. The topological polar surface area (TPSA) is 64.6 Å². The molecule has 6 heteroatoms. The fourth-order valence-electron chi connectivity index (χ4n) is 3.03. The third-order valence-electron chi connectivity index (χ3n) is 4.33. The number of quaternary nitrogens is 1. The molecular weight excluding hydrogens is 272 g/mol. The average molecular weight is 295 g/mol. The van der Waals surface area contributed by atoms with E-state index in [1.54, 1.807) is 20.2 Å². The molecule has 0 bridgehead atoms. The summed E-state index contributed by atoms with van der Waals surface area (Å²) in [5.74, 6) is -0.204. The lowest BCUT2D eigenvalue weighted by atomic mass is 10.0. The summed E-state index contributed by atoms with van der Waals surface area (Å²) in [6.45, 7) is 8.43. The lowest BCUT2D eigenvalue weighted by Crippen LogP contribution is -2.63. The molecule has 4 atom stereocenters. The molecule has 4 unspecified atom stereocenters. The standard InChI is InChI=1S/C15H22N2O4/c1-5-11-7-13(21-12(11)9-20-4)17(6-2)8-10(3)14(18)16-15(17)19/h5,8,11-13H,1,6-7,9H2,2-4H3/p+1. The minimum absolute atomic E-state index is 0.0118. The molecular formula is C15H23N2O4+. The number of rotatable bonds is 5. The van der Waals surface area contributed by atoms with Crippen LogP contribution in [0.2, 0.25) is 0 Å². The van der Waals surface area contributed by atoms with Gasteiger partial charge in [0.1, 0.15) is 6.20 Å². The first-order valence-electron chi connectivity index (χ1n) is 7.18. The molecule has 6 nitrogen and oxygen atoms in total. The predicted molar refractivity (Wildman–Crippen MR) is 76.9 cm³/mol. The minimum atomic E-state index is -0.339. The van der Waals surface area contributed by atoms with E-state index in [4.69, 9.17) is 9.47 Å². The number of carbonyl (C=O) groups is 2. The summed E-state index contributed by atoms with van der Waals surface area (Å²) >= 11 is 0. The number of nitrogens with one attached hydrogen (secondary N) is 1. The number of ether oxygens (including phenoxy) is 2. The molecule has 2 aliphatic heterocycles. The van der Waals surface area contributed by atoms with Gasteiger partial charge in [-0.25, -0.2) is 10.1 Å². The Bertz CT molecular complexity index is 488. The summed E-state index contributed by atoms with van der Waals surface area (Å²) in [6, 6.07) is -0.334. The van der Waals surface area contributed by atoms with Crippen LogP contribution in [0.5, 0.6) is 0 Å². The molecule has 0 aromatic rings. The number of urea groups is 1. The van der Waals surface area contributed by atoms with Crippen LogP contribution in [0.4, 0.5) is 4.79 Å². The molecule has 21 heavy (non-hydrogen) atoms. The van der Waals surface area contributed by atoms with Crippen molar-refractivity contribution in [2.45, 2.75) is 32.6 Å². The molecule has 0 saturated carbocycles. The predicted octanol–water partition coefficient (Wildman–Crippen LogP) is 1.54. The van der Waals surface area contributed by atoms with Gasteiger partial charge in [0.05, 0.1) is 24.8 Å². The summed E-state index contributed by atoms with van der Waals surface area (Å²) in [4.78, 5) is 24.0. The van der Waals surface area contributed by atoms with Gasteiger partial charge in [0.15, 0.2) is 0 Å². The van der Waals surface area contributed by atoms with Gasteiger partial charge >= 0.3 is 6.03 Å². The lowest BCUT2D eigenvalue weighted by Gasteiger charge is -2.37. The van der Waals surface area contributed by atoms with E-state index in [0.29, 0.717) is 25.1 Å². The van der Waals surface area contributed by atoms with Crippen molar-refractivity contribution in [2.24, 2.45) is 5.92 Å². The zero-order valence-electron chi connectivity index (χ0n) is 12.8. The number of imide groups is 1. The van der Waals surface area contributed by atoms with Crippen molar-refractivity contribution in [3.05, 3.63) is 24.4 Å². The average Bonchev–Trinajstić information content (AvgIpc) is 2.87. The molecule has 3 amide bonds. The molecule has 2 aliphatic rings. The van der Waals surface area contributed by atoms with E-state index in [9.17, 15) is 9.59 Å². The van der Waals surface area contributed by atoms with Crippen LogP contribution >= 0.6 is 0 Å². The molecule has 0 aromatic carbocycles. The second-order valence-corrected chi connectivity index (χ2v) is 5.54. The molecule has 2 rings (SSSR count). The first-order valence-corrected chi connectivity index (χ1v) is 7.18. The van der Waals surface area contributed by atoms with Gasteiger partial charge in [-0.15, -0.1) is 6.58 Å². The van der Waals surface area contributed by atoms with Gasteiger partial charge in [-0.05, 0) is 13.8 Å². The maximum atomic E-state index is 12.4. The molecule has 1 fully saturated rings. The van der Waals surface area contributed by atoms with E-state index >= 15 is 0 Å². The Kier molecular flexibility index (Phi) is 4.61. The Labute approximate surface area is 125 Å². The van der Waals surface area contributed by atoms with Gasteiger partial charge in [0.25, 0.3) is 5.91 Å². The highest BCUT2D eigenvalue weighted by molar-refractivity contribution is 6.03. The zero-order valence-corrected chi connectivity index (χ0v) is 12.8. The Morgan fingerprint density at radius 3 is 2.86 bits per heavy atom. The van der Waals surface area contributed by atoms with Crippen LogP contribution in [0, 0.1) is 5.92 Å². The number of carbonyl (C=O) groups excluding carboxylic acids is 2. The van der Waals surface area contributed by atoms with Gasteiger partial charge in [-0.2, -0.15) is 4.48 Å². The Morgan fingerprint density at radius 1 is 1.57 bits per heavy atom. The number of hydrogen-bond acceptors (Lipinski definition) is 4. The van der Waals surface area contributed by atoms with Crippen LogP contribution in [0.1, 0.15) is 20.3 Å². The summed E-state index contributed by atoms with van der Waals surface area (Å²) in [6.07, 6.45) is 3.79. The largest absolute Gasteiger partial charge is 0.430 e. The quantitative estimate of drug-likeness (QED) is 0.617. The van der Waals surface area contributed by atoms with Crippen molar-refractivity contribution in [2.75, 3.05) is 20.3 Å². The minimum Gasteiger partial charge on any atom is -0.382 e. The number of amides is 3. The van der Waals surface area contributed by atoms with Gasteiger partial charge in [0, 0.05) is 19.4 Å². The highest BCUT2D eigenvalue weighted by atomic mass is 16.6. The number of methoxy groups -OCH3 is 1. The van der Waals surface area contributed by atoms with Gasteiger partial charge in [-0.3, -0.25) is 4.79 Å². The summed E-state index contributed by atoms with van der Waals surface area (Å²) in [7, 11) is 1.62. The van der Waals surface area contributed by atoms with E-state index < -0.39 is 0 Å². The van der Waals surface area contributed by atoms with Crippen LogP contribution in [0.3, 0.4) is 0 Å². The van der Waals surface area contributed by atoms with Crippen molar-refractivity contribution in [3.8, 4) is 0 Å². The van der Waals surface area contributed by atoms with Crippen LogP contribution in [0.25, 0.3) is 0 Å². The van der Waals surface area contributed by atoms with E-state index in [2.05, 4.69) is 11.9 Å². The van der Waals surface area contributed by atoms with Crippen LogP contribution < -0.4 is 5.32 Å². The Morgan fingerprint density at radius 2 is 2.29 bits per heavy atom. The van der Waals surface area contributed by atoms with E-state index in [0.717, 1.165) is 0 Å². The molecule has 0 aromatic heterocycles. The lowest BCUT2D eigenvalue weighted by molar-refractivity contribution is -0.850. The summed E-state index contributed by atoms with van der Waals surface area (Å²) in [5, 5.41) is 2.42. The van der Waals surface area contributed by atoms with E-state index in [-0.39, 0.29) is 34.7 Å². The van der Waals surface area contributed by atoms with Crippen molar-refractivity contribution >= 4 is 11.9 Å². The van der Waals surface area contributed by atoms with Crippen molar-refractivity contribution in [1.29, 1.82) is 0 Å². The number of hydrogen-bond donors (Lipinski definition) is 1. The monoisotopic (exact) mass is 295 g/mol. The highest BCUT2D eigenvalue weighted by Crippen LogP contribution is 2.35. The molecule has 1 saturated heterocycles.